The van der Waals surface area contributed by atoms with Crippen LogP contribution < -0.4 is 5.32 Å². The standard InChI is InChI=1S/C20H22N4O2S/c1-3-24-19(17-10-5-4-7-14(17)2)22-23-20(24)27-13-18(26)21-16-9-6-8-15(11-16)12-25/h4-11,25H,3,12-13H2,1-2H3,(H,21,26). The quantitative estimate of drug-likeness (QED) is 0.612. The van der Waals surface area contributed by atoms with Gasteiger partial charge in [-0.2, -0.15) is 0 Å². The van der Waals surface area contributed by atoms with Crippen LogP contribution in [0.4, 0.5) is 5.69 Å². The van der Waals surface area contributed by atoms with Crippen LogP contribution in [0, 0.1) is 6.92 Å². The summed E-state index contributed by atoms with van der Waals surface area (Å²) < 4.78 is 2.02. The molecule has 0 radical (unpaired) electrons. The molecule has 0 saturated heterocycles. The van der Waals surface area contributed by atoms with Gasteiger partial charge < -0.3 is 15.0 Å². The summed E-state index contributed by atoms with van der Waals surface area (Å²) in [5.41, 5.74) is 3.61. The Morgan fingerprint density at radius 3 is 2.74 bits per heavy atom. The topological polar surface area (TPSA) is 80.0 Å². The Bertz CT molecular complexity index is 939. The number of anilines is 1. The van der Waals surface area contributed by atoms with Crippen molar-refractivity contribution in [3.05, 3.63) is 59.7 Å². The maximum atomic E-state index is 12.3. The fourth-order valence-corrected chi connectivity index (χ4v) is 3.58. The van der Waals surface area contributed by atoms with Gasteiger partial charge in [-0.1, -0.05) is 48.2 Å². The van der Waals surface area contributed by atoms with E-state index in [-0.39, 0.29) is 18.3 Å². The van der Waals surface area contributed by atoms with Gasteiger partial charge in [0.1, 0.15) is 0 Å². The predicted molar refractivity (Wildman–Crippen MR) is 108 cm³/mol. The lowest BCUT2D eigenvalue weighted by Gasteiger charge is -2.09. The summed E-state index contributed by atoms with van der Waals surface area (Å²) in [5, 5.41) is 21.4. The zero-order chi connectivity index (χ0) is 19.2. The number of aromatic nitrogens is 3. The summed E-state index contributed by atoms with van der Waals surface area (Å²) in [4.78, 5) is 12.3. The van der Waals surface area contributed by atoms with Crippen LogP contribution in [0.5, 0.6) is 0 Å². The lowest BCUT2D eigenvalue weighted by atomic mass is 10.1. The summed E-state index contributed by atoms with van der Waals surface area (Å²) in [6.07, 6.45) is 0. The first-order chi connectivity index (χ1) is 13.1. The molecular formula is C20H22N4O2S. The Morgan fingerprint density at radius 1 is 1.19 bits per heavy atom. The largest absolute Gasteiger partial charge is 0.392 e. The van der Waals surface area contributed by atoms with Gasteiger partial charge in [-0.3, -0.25) is 4.79 Å². The maximum Gasteiger partial charge on any atom is 0.234 e. The fraction of sp³-hybridized carbons (Fsp3) is 0.250. The van der Waals surface area contributed by atoms with Crippen molar-refractivity contribution in [3.63, 3.8) is 0 Å². The number of carbonyl (C=O) groups is 1. The monoisotopic (exact) mass is 382 g/mol. The third kappa shape index (κ3) is 4.56. The van der Waals surface area contributed by atoms with Crippen LogP contribution >= 0.6 is 11.8 Å². The third-order valence-corrected chi connectivity index (χ3v) is 5.11. The molecule has 2 N–H and O–H groups in total. The van der Waals surface area contributed by atoms with E-state index in [0.717, 1.165) is 34.2 Å². The van der Waals surface area contributed by atoms with Crippen molar-refractivity contribution in [1.29, 1.82) is 0 Å². The number of aliphatic hydroxyl groups is 1. The van der Waals surface area contributed by atoms with Gasteiger partial charge in [0.25, 0.3) is 0 Å². The molecule has 3 rings (SSSR count). The molecule has 0 unspecified atom stereocenters. The number of benzene rings is 2. The number of aliphatic hydroxyl groups excluding tert-OH is 1. The first kappa shape index (κ1) is 19.1. The number of carbonyl (C=O) groups excluding carboxylic acids is 1. The highest BCUT2D eigenvalue weighted by Gasteiger charge is 2.15. The second-order valence-corrected chi connectivity index (χ2v) is 7.00. The SMILES string of the molecule is CCn1c(SCC(=O)Nc2cccc(CO)c2)nnc1-c1ccccc1C. The van der Waals surface area contributed by atoms with Gasteiger partial charge in [0.2, 0.25) is 5.91 Å². The van der Waals surface area contributed by atoms with Crippen LogP contribution in [0.2, 0.25) is 0 Å². The molecule has 1 amide bonds. The van der Waals surface area contributed by atoms with E-state index in [1.165, 1.54) is 11.8 Å². The fourth-order valence-electron chi connectivity index (χ4n) is 2.78. The molecule has 0 bridgehead atoms. The van der Waals surface area contributed by atoms with Crippen molar-refractivity contribution in [2.75, 3.05) is 11.1 Å². The van der Waals surface area contributed by atoms with Crippen LogP contribution in [-0.4, -0.2) is 31.5 Å². The number of hydrogen-bond acceptors (Lipinski definition) is 5. The van der Waals surface area contributed by atoms with E-state index >= 15 is 0 Å². The summed E-state index contributed by atoms with van der Waals surface area (Å²) in [6.45, 7) is 4.75. The number of aryl methyl sites for hydroxylation is 1. The van der Waals surface area contributed by atoms with E-state index in [2.05, 4.69) is 15.5 Å². The third-order valence-electron chi connectivity index (χ3n) is 4.14. The Kier molecular flexibility index (Phi) is 6.26. The van der Waals surface area contributed by atoms with Gasteiger partial charge in [0.05, 0.1) is 12.4 Å². The van der Waals surface area contributed by atoms with E-state index in [1.807, 2.05) is 42.7 Å². The minimum Gasteiger partial charge on any atom is -0.392 e. The number of nitrogens with one attached hydrogen (secondary N) is 1. The van der Waals surface area contributed by atoms with Crippen molar-refractivity contribution in [1.82, 2.24) is 14.8 Å². The van der Waals surface area contributed by atoms with E-state index in [0.29, 0.717) is 5.69 Å². The Balaban J connectivity index is 1.69. The molecule has 0 atom stereocenters. The average Bonchev–Trinajstić information content (AvgIpc) is 3.09. The second-order valence-electron chi connectivity index (χ2n) is 6.06. The van der Waals surface area contributed by atoms with Gasteiger partial charge in [-0.15, -0.1) is 10.2 Å². The molecule has 1 aromatic heterocycles. The summed E-state index contributed by atoms with van der Waals surface area (Å²) in [5.74, 6) is 0.919. The molecule has 0 fully saturated rings. The van der Waals surface area contributed by atoms with Crippen molar-refractivity contribution >= 4 is 23.4 Å². The Morgan fingerprint density at radius 2 is 2.00 bits per heavy atom. The number of hydrogen-bond donors (Lipinski definition) is 2. The lowest BCUT2D eigenvalue weighted by molar-refractivity contribution is -0.113. The number of nitrogens with zero attached hydrogens (tertiary/aromatic N) is 3. The lowest BCUT2D eigenvalue weighted by Crippen LogP contribution is -2.14. The zero-order valence-electron chi connectivity index (χ0n) is 15.3. The highest BCUT2D eigenvalue weighted by atomic mass is 32.2. The molecule has 3 aromatic rings. The van der Waals surface area contributed by atoms with Crippen LogP contribution in [0.3, 0.4) is 0 Å². The van der Waals surface area contributed by atoms with Gasteiger partial charge in [0, 0.05) is 17.8 Å². The number of rotatable bonds is 7. The molecular weight excluding hydrogens is 360 g/mol. The number of amides is 1. The van der Waals surface area contributed by atoms with Crippen molar-refractivity contribution in [3.8, 4) is 11.4 Å². The molecule has 1 heterocycles. The first-order valence-electron chi connectivity index (χ1n) is 8.74. The molecule has 0 spiro atoms. The van der Waals surface area contributed by atoms with Crippen LogP contribution in [0.1, 0.15) is 18.1 Å². The minimum absolute atomic E-state index is 0.0558. The first-order valence-corrected chi connectivity index (χ1v) is 9.72. The van der Waals surface area contributed by atoms with E-state index in [9.17, 15) is 9.90 Å². The zero-order valence-corrected chi connectivity index (χ0v) is 16.2. The van der Waals surface area contributed by atoms with Gasteiger partial charge in [0.15, 0.2) is 11.0 Å². The Hall–Kier alpha value is -2.64. The molecule has 2 aromatic carbocycles. The van der Waals surface area contributed by atoms with Crippen LogP contribution in [-0.2, 0) is 17.9 Å². The van der Waals surface area contributed by atoms with E-state index in [4.69, 9.17) is 0 Å². The molecule has 140 valence electrons. The normalized spacial score (nSPS) is 10.8. The summed E-state index contributed by atoms with van der Waals surface area (Å²) in [6, 6.07) is 15.2. The van der Waals surface area contributed by atoms with Crippen molar-refractivity contribution in [2.24, 2.45) is 0 Å². The smallest absolute Gasteiger partial charge is 0.234 e. The van der Waals surface area contributed by atoms with E-state index < -0.39 is 0 Å². The molecule has 7 heteroatoms. The van der Waals surface area contributed by atoms with E-state index in [1.54, 1.807) is 24.3 Å². The highest BCUT2D eigenvalue weighted by Crippen LogP contribution is 2.26. The van der Waals surface area contributed by atoms with Gasteiger partial charge >= 0.3 is 0 Å². The Labute approximate surface area is 162 Å². The molecule has 0 aliphatic heterocycles. The molecule has 0 aliphatic rings. The summed E-state index contributed by atoms with van der Waals surface area (Å²) >= 11 is 1.36. The molecule has 0 saturated carbocycles. The second kappa shape index (κ2) is 8.83. The number of thioether (sulfide) groups is 1. The molecule has 0 aliphatic carbocycles. The highest BCUT2D eigenvalue weighted by molar-refractivity contribution is 7.99. The predicted octanol–water partition coefficient (Wildman–Crippen LogP) is 3.50. The van der Waals surface area contributed by atoms with Crippen molar-refractivity contribution < 1.29 is 9.90 Å². The van der Waals surface area contributed by atoms with Gasteiger partial charge in [-0.25, -0.2) is 0 Å². The molecule has 27 heavy (non-hydrogen) atoms. The van der Waals surface area contributed by atoms with Crippen molar-refractivity contribution in [2.45, 2.75) is 32.2 Å². The summed E-state index contributed by atoms with van der Waals surface area (Å²) in [7, 11) is 0. The average molecular weight is 382 g/mol. The minimum atomic E-state index is -0.127. The van der Waals surface area contributed by atoms with Crippen LogP contribution in [0.25, 0.3) is 11.4 Å². The maximum absolute atomic E-state index is 12.3. The van der Waals surface area contributed by atoms with Crippen LogP contribution in [0.15, 0.2) is 53.7 Å². The molecule has 6 nitrogen and oxygen atoms in total. The van der Waals surface area contributed by atoms with Gasteiger partial charge in [-0.05, 0) is 37.1 Å².